The van der Waals surface area contributed by atoms with Gasteiger partial charge in [0.2, 0.25) is 0 Å². The van der Waals surface area contributed by atoms with Crippen molar-refractivity contribution in [1.82, 2.24) is 30.3 Å². The number of nitrogens with zero attached hydrogens (tertiary/aromatic N) is 4. The van der Waals surface area contributed by atoms with Crippen molar-refractivity contribution < 1.29 is 9.18 Å². The van der Waals surface area contributed by atoms with Crippen LogP contribution in [0.3, 0.4) is 0 Å². The summed E-state index contributed by atoms with van der Waals surface area (Å²) in [6.07, 6.45) is 2.17. The number of aryl methyl sites for hydroxylation is 1. The molecular formula is C21H21FN6O. The molecule has 29 heavy (non-hydrogen) atoms. The lowest BCUT2D eigenvalue weighted by molar-refractivity contribution is 0.0928. The predicted molar refractivity (Wildman–Crippen MR) is 107 cm³/mol. The summed E-state index contributed by atoms with van der Waals surface area (Å²) in [5.74, 6) is 0.0219. The molecule has 0 aliphatic rings. The average molecular weight is 392 g/mol. The highest BCUT2D eigenvalue weighted by molar-refractivity contribution is 5.92. The third-order valence-electron chi connectivity index (χ3n) is 4.76. The van der Waals surface area contributed by atoms with Crippen LogP contribution in [0.15, 0.2) is 48.7 Å². The van der Waals surface area contributed by atoms with Crippen molar-refractivity contribution in [3.8, 4) is 0 Å². The standard InChI is InChI=1S/C21H21FN6O/c1-3-16(20-23-17-9-8-13(2)10-18(17)24-20)25-21(29)19-12-28(27-26-19)11-14-6-4-5-7-15(14)22/h4-10,12,16H,3,11H2,1-2H3,(H,23,24)(H,25,29). The fourth-order valence-corrected chi connectivity index (χ4v) is 3.19. The van der Waals surface area contributed by atoms with E-state index in [9.17, 15) is 9.18 Å². The van der Waals surface area contributed by atoms with Gasteiger partial charge in [-0.2, -0.15) is 0 Å². The van der Waals surface area contributed by atoms with Gasteiger partial charge in [0.25, 0.3) is 5.91 Å². The second-order valence-corrected chi connectivity index (χ2v) is 6.97. The van der Waals surface area contributed by atoms with Gasteiger partial charge in [-0.1, -0.05) is 36.4 Å². The van der Waals surface area contributed by atoms with Crippen LogP contribution in [-0.2, 0) is 6.54 Å². The van der Waals surface area contributed by atoms with Crippen LogP contribution < -0.4 is 5.32 Å². The molecule has 1 atom stereocenters. The van der Waals surface area contributed by atoms with Gasteiger partial charge in [0.15, 0.2) is 5.69 Å². The van der Waals surface area contributed by atoms with E-state index in [0.717, 1.165) is 16.6 Å². The summed E-state index contributed by atoms with van der Waals surface area (Å²) in [6, 6.07) is 12.1. The minimum Gasteiger partial charge on any atom is -0.341 e. The van der Waals surface area contributed by atoms with Crippen molar-refractivity contribution in [2.45, 2.75) is 32.9 Å². The highest BCUT2D eigenvalue weighted by Gasteiger charge is 2.20. The Morgan fingerprint density at radius 2 is 2.10 bits per heavy atom. The van der Waals surface area contributed by atoms with Crippen LogP contribution in [0.4, 0.5) is 4.39 Å². The number of aromatic amines is 1. The molecule has 0 aliphatic heterocycles. The Morgan fingerprint density at radius 3 is 2.90 bits per heavy atom. The molecule has 2 heterocycles. The number of amides is 1. The van der Waals surface area contributed by atoms with Gasteiger partial charge < -0.3 is 10.3 Å². The number of H-pyrrole nitrogens is 1. The van der Waals surface area contributed by atoms with Crippen LogP contribution in [-0.4, -0.2) is 30.9 Å². The van der Waals surface area contributed by atoms with E-state index in [1.807, 2.05) is 32.0 Å². The second-order valence-electron chi connectivity index (χ2n) is 6.97. The molecule has 1 amide bonds. The molecule has 2 aromatic carbocycles. The largest absolute Gasteiger partial charge is 0.341 e. The third kappa shape index (κ3) is 4.01. The Kier molecular flexibility index (Phi) is 5.07. The Balaban J connectivity index is 1.49. The van der Waals surface area contributed by atoms with Gasteiger partial charge in [-0.15, -0.1) is 5.10 Å². The fourth-order valence-electron chi connectivity index (χ4n) is 3.19. The molecule has 0 saturated heterocycles. The second kappa shape index (κ2) is 7.83. The maximum atomic E-state index is 13.8. The minimum absolute atomic E-state index is 0.173. The van der Waals surface area contributed by atoms with Gasteiger partial charge in [-0.05, 0) is 37.1 Å². The molecule has 7 nitrogen and oxygen atoms in total. The van der Waals surface area contributed by atoms with Crippen LogP contribution in [0.2, 0.25) is 0 Å². The molecule has 0 aliphatic carbocycles. The van der Waals surface area contributed by atoms with Gasteiger partial charge in [0.05, 0.1) is 29.8 Å². The monoisotopic (exact) mass is 392 g/mol. The van der Waals surface area contributed by atoms with Crippen molar-refractivity contribution in [3.05, 3.63) is 77.1 Å². The summed E-state index contributed by atoms with van der Waals surface area (Å²) in [7, 11) is 0. The number of carbonyl (C=O) groups is 1. The first kappa shape index (κ1) is 18.8. The molecule has 0 radical (unpaired) electrons. The molecule has 2 N–H and O–H groups in total. The number of carbonyl (C=O) groups excluding carboxylic acids is 1. The minimum atomic E-state index is -0.353. The zero-order valence-electron chi connectivity index (χ0n) is 16.2. The zero-order chi connectivity index (χ0) is 20.4. The number of halogens is 1. The molecule has 0 bridgehead atoms. The number of imidazole rings is 1. The van der Waals surface area contributed by atoms with Gasteiger partial charge >= 0.3 is 0 Å². The van der Waals surface area contributed by atoms with E-state index in [-0.39, 0.29) is 30.0 Å². The summed E-state index contributed by atoms with van der Waals surface area (Å²) in [5, 5.41) is 10.8. The van der Waals surface area contributed by atoms with Crippen LogP contribution in [0.1, 0.15) is 46.8 Å². The summed E-state index contributed by atoms with van der Waals surface area (Å²) >= 11 is 0. The average Bonchev–Trinajstić information content (AvgIpc) is 3.34. The Labute approximate surface area is 167 Å². The molecule has 0 saturated carbocycles. The van der Waals surface area contributed by atoms with Gasteiger partial charge in [-0.25, -0.2) is 14.1 Å². The molecule has 0 spiro atoms. The van der Waals surface area contributed by atoms with E-state index < -0.39 is 0 Å². The molecular weight excluding hydrogens is 371 g/mol. The topological polar surface area (TPSA) is 88.5 Å². The number of benzene rings is 2. The highest BCUT2D eigenvalue weighted by atomic mass is 19.1. The SMILES string of the molecule is CCC(NC(=O)c1cn(Cc2ccccc2F)nn1)c1nc2ccc(C)cc2[nH]1. The summed E-state index contributed by atoms with van der Waals surface area (Å²) in [6.45, 7) is 4.19. The van der Waals surface area contributed by atoms with Gasteiger partial charge in [0, 0.05) is 5.56 Å². The fraction of sp³-hybridized carbons (Fsp3) is 0.238. The molecule has 0 fully saturated rings. The lowest BCUT2D eigenvalue weighted by atomic mass is 10.2. The van der Waals surface area contributed by atoms with E-state index in [4.69, 9.17) is 0 Å². The number of nitrogens with one attached hydrogen (secondary N) is 2. The smallest absolute Gasteiger partial charge is 0.274 e. The van der Waals surface area contributed by atoms with Gasteiger partial charge in [-0.3, -0.25) is 4.79 Å². The Bertz CT molecular complexity index is 1160. The van der Waals surface area contributed by atoms with Crippen LogP contribution in [0, 0.1) is 12.7 Å². The quantitative estimate of drug-likeness (QED) is 0.525. The maximum absolute atomic E-state index is 13.8. The molecule has 4 aromatic rings. The van der Waals surface area contributed by atoms with E-state index in [1.54, 1.807) is 18.2 Å². The van der Waals surface area contributed by atoms with E-state index in [2.05, 4.69) is 25.6 Å². The van der Waals surface area contributed by atoms with E-state index in [1.165, 1.54) is 16.9 Å². The third-order valence-corrected chi connectivity index (χ3v) is 4.76. The van der Waals surface area contributed by atoms with Crippen LogP contribution in [0.5, 0.6) is 0 Å². The molecule has 148 valence electrons. The predicted octanol–water partition coefficient (Wildman–Crippen LogP) is 3.53. The summed E-state index contributed by atoms with van der Waals surface area (Å²) in [5.41, 5.74) is 3.58. The van der Waals surface area contributed by atoms with Crippen molar-refractivity contribution in [1.29, 1.82) is 0 Å². The zero-order valence-corrected chi connectivity index (χ0v) is 16.2. The lowest BCUT2D eigenvalue weighted by Gasteiger charge is -2.13. The first-order chi connectivity index (χ1) is 14.0. The Morgan fingerprint density at radius 1 is 1.28 bits per heavy atom. The normalized spacial score (nSPS) is 12.2. The first-order valence-electron chi connectivity index (χ1n) is 9.44. The Hall–Kier alpha value is -3.55. The summed E-state index contributed by atoms with van der Waals surface area (Å²) in [4.78, 5) is 20.5. The molecule has 8 heteroatoms. The maximum Gasteiger partial charge on any atom is 0.274 e. The number of aromatic nitrogens is 5. The molecule has 2 aromatic heterocycles. The number of hydrogen-bond acceptors (Lipinski definition) is 4. The first-order valence-corrected chi connectivity index (χ1v) is 9.44. The van der Waals surface area contributed by atoms with Crippen molar-refractivity contribution in [2.24, 2.45) is 0 Å². The van der Waals surface area contributed by atoms with Gasteiger partial charge in [0.1, 0.15) is 11.6 Å². The molecule has 1 unspecified atom stereocenters. The van der Waals surface area contributed by atoms with Crippen LogP contribution >= 0.6 is 0 Å². The van der Waals surface area contributed by atoms with Crippen molar-refractivity contribution in [2.75, 3.05) is 0 Å². The number of fused-ring (bicyclic) bond motifs is 1. The van der Waals surface area contributed by atoms with Crippen molar-refractivity contribution in [3.63, 3.8) is 0 Å². The van der Waals surface area contributed by atoms with E-state index in [0.29, 0.717) is 17.8 Å². The van der Waals surface area contributed by atoms with Crippen molar-refractivity contribution >= 4 is 16.9 Å². The lowest BCUT2D eigenvalue weighted by Crippen LogP contribution is -2.29. The van der Waals surface area contributed by atoms with Crippen LogP contribution in [0.25, 0.3) is 11.0 Å². The molecule has 4 rings (SSSR count). The number of hydrogen-bond donors (Lipinski definition) is 2. The summed E-state index contributed by atoms with van der Waals surface area (Å²) < 4.78 is 15.3. The highest BCUT2D eigenvalue weighted by Crippen LogP contribution is 2.20. The van der Waals surface area contributed by atoms with E-state index >= 15 is 0 Å². The number of rotatable bonds is 6.